The summed E-state index contributed by atoms with van der Waals surface area (Å²) in [5, 5.41) is 4.10. The molecule has 0 spiro atoms. The molecule has 0 aromatic heterocycles. The topological polar surface area (TPSA) is 15.3 Å². The first-order valence-corrected chi connectivity index (χ1v) is 6.63. The molecule has 0 fully saturated rings. The Morgan fingerprint density at radius 3 is 2.88 bits per heavy atom. The predicted molar refractivity (Wildman–Crippen MR) is 74.0 cm³/mol. The minimum Gasteiger partial charge on any atom is -0.316 e. The Morgan fingerprint density at radius 2 is 2.19 bits per heavy atom. The van der Waals surface area contributed by atoms with Gasteiger partial charge < -0.3 is 10.2 Å². The molecule has 90 valence electrons. The van der Waals surface area contributed by atoms with E-state index in [1.54, 1.807) is 0 Å². The van der Waals surface area contributed by atoms with Crippen molar-refractivity contribution in [1.29, 1.82) is 0 Å². The molecule has 0 saturated heterocycles. The lowest BCUT2D eigenvalue weighted by molar-refractivity contribution is 0.325. The van der Waals surface area contributed by atoms with Gasteiger partial charge in [-0.2, -0.15) is 0 Å². The first kappa shape index (κ1) is 14.0. The van der Waals surface area contributed by atoms with Gasteiger partial charge in [0.05, 0.1) is 0 Å². The van der Waals surface area contributed by atoms with E-state index < -0.39 is 0 Å². The first-order valence-electron chi connectivity index (χ1n) is 5.46. The lowest BCUT2D eigenvalue weighted by Crippen LogP contribution is -2.28. The molecule has 0 radical (unpaired) electrons. The third kappa shape index (κ3) is 4.83. The molecule has 0 unspecified atom stereocenters. The third-order valence-corrected chi connectivity index (χ3v) is 3.38. The summed E-state index contributed by atoms with van der Waals surface area (Å²) in [7, 11) is 2.12. The van der Waals surface area contributed by atoms with Crippen molar-refractivity contribution in [2.45, 2.75) is 13.5 Å². The van der Waals surface area contributed by atoms with Crippen LogP contribution in [0.2, 0.25) is 5.02 Å². The van der Waals surface area contributed by atoms with Crippen molar-refractivity contribution < 1.29 is 0 Å². The van der Waals surface area contributed by atoms with Crippen molar-refractivity contribution in [2.75, 3.05) is 26.7 Å². The highest BCUT2D eigenvalue weighted by molar-refractivity contribution is 9.10. The largest absolute Gasteiger partial charge is 0.316 e. The molecule has 0 heterocycles. The van der Waals surface area contributed by atoms with Crippen LogP contribution in [0.4, 0.5) is 0 Å². The van der Waals surface area contributed by atoms with Crippen LogP contribution >= 0.6 is 27.5 Å². The highest BCUT2D eigenvalue weighted by Gasteiger charge is 2.04. The minimum absolute atomic E-state index is 0.790. The Labute approximate surface area is 111 Å². The molecule has 0 aliphatic heterocycles. The molecule has 1 rings (SSSR count). The lowest BCUT2D eigenvalue weighted by Gasteiger charge is -2.17. The van der Waals surface area contributed by atoms with Gasteiger partial charge in [0.15, 0.2) is 0 Å². The van der Waals surface area contributed by atoms with Crippen LogP contribution in [0, 0.1) is 0 Å². The fourth-order valence-electron chi connectivity index (χ4n) is 1.48. The first-order chi connectivity index (χ1) is 7.63. The van der Waals surface area contributed by atoms with Crippen LogP contribution < -0.4 is 5.32 Å². The Balaban J connectivity index is 2.48. The van der Waals surface area contributed by atoms with Crippen molar-refractivity contribution in [3.63, 3.8) is 0 Å². The third-order valence-electron chi connectivity index (χ3n) is 2.37. The van der Waals surface area contributed by atoms with E-state index in [4.69, 9.17) is 11.6 Å². The van der Waals surface area contributed by atoms with Gasteiger partial charge in [-0.15, -0.1) is 0 Å². The lowest BCUT2D eigenvalue weighted by atomic mass is 10.2. The molecule has 0 amide bonds. The molecule has 0 aliphatic carbocycles. The van der Waals surface area contributed by atoms with Crippen LogP contribution in [-0.2, 0) is 6.54 Å². The number of rotatable bonds is 6. The highest BCUT2D eigenvalue weighted by atomic mass is 79.9. The van der Waals surface area contributed by atoms with Crippen LogP contribution in [0.25, 0.3) is 0 Å². The molecule has 0 atom stereocenters. The van der Waals surface area contributed by atoms with E-state index in [2.05, 4.69) is 40.1 Å². The molecule has 1 N–H and O–H groups in total. The average Bonchev–Trinajstić information content (AvgIpc) is 2.24. The van der Waals surface area contributed by atoms with E-state index in [1.165, 1.54) is 5.56 Å². The fraction of sp³-hybridized carbons (Fsp3) is 0.500. The summed E-state index contributed by atoms with van der Waals surface area (Å²) in [4.78, 5) is 2.28. The normalized spacial score (nSPS) is 11.1. The summed E-state index contributed by atoms with van der Waals surface area (Å²) >= 11 is 9.52. The van der Waals surface area contributed by atoms with Gasteiger partial charge in [0.25, 0.3) is 0 Å². The number of likely N-dealkylation sites (N-methyl/N-ethyl adjacent to an activating group) is 2. The Morgan fingerprint density at radius 1 is 1.44 bits per heavy atom. The average molecular weight is 306 g/mol. The molecule has 4 heteroatoms. The summed E-state index contributed by atoms with van der Waals surface area (Å²) < 4.78 is 1.12. The second kappa shape index (κ2) is 7.28. The molecule has 0 saturated carbocycles. The van der Waals surface area contributed by atoms with Crippen LogP contribution in [0.3, 0.4) is 0 Å². The van der Waals surface area contributed by atoms with E-state index in [9.17, 15) is 0 Å². The van der Waals surface area contributed by atoms with Crippen LogP contribution in [-0.4, -0.2) is 31.6 Å². The highest BCUT2D eigenvalue weighted by Crippen LogP contribution is 2.22. The van der Waals surface area contributed by atoms with E-state index >= 15 is 0 Å². The van der Waals surface area contributed by atoms with Crippen LogP contribution in [0.5, 0.6) is 0 Å². The van der Waals surface area contributed by atoms with Gasteiger partial charge >= 0.3 is 0 Å². The molecule has 0 bridgehead atoms. The minimum atomic E-state index is 0.790. The van der Waals surface area contributed by atoms with Gasteiger partial charge in [-0.05, 0) is 37.4 Å². The SMILES string of the molecule is CCNCCN(C)Cc1cc(Cl)ccc1Br. The molecule has 16 heavy (non-hydrogen) atoms. The second-order valence-electron chi connectivity index (χ2n) is 3.83. The van der Waals surface area contributed by atoms with Crippen LogP contribution in [0.1, 0.15) is 12.5 Å². The fourth-order valence-corrected chi connectivity index (χ4v) is 2.05. The zero-order valence-corrected chi connectivity index (χ0v) is 12.1. The molecule has 1 aromatic rings. The van der Waals surface area contributed by atoms with Gasteiger partial charge in [0.1, 0.15) is 0 Å². The van der Waals surface area contributed by atoms with Crippen molar-refractivity contribution in [3.05, 3.63) is 33.3 Å². The number of halogens is 2. The summed E-state index contributed by atoms with van der Waals surface area (Å²) in [6.45, 7) is 6.10. The van der Waals surface area contributed by atoms with E-state index in [0.29, 0.717) is 0 Å². The smallest absolute Gasteiger partial charge is 0.0410 e. The van der Waals surface area contributed by atoms with Crippen molar-refractivity contribution in [1.82, 2.24) is 10.2 Å². The van der Waals surface area contributed by atoms with E-state index in [1.807, 2.05) is 18.2 Å². The molecule has 2 nitrogen and oxygen atoms in total. The standard InChI is InChI=1S/C12H18BrClN2/c1-3-15-6-7-16(2)9-10-8-11(14)4-5-12(10)13/h4-5,8,15H,3,6-7,9H2,1-2H3. The Kier molecular flexibility index (Phi) is 6.36. The summed E-state index contributed by atoms with van der Waals surface area (Å²) in [6, 6.07) is 5.90. The zero-order valence-electron chi connectivity index (χ0n) is 9.76. The molecule has 1 aromatic carbocycles. The summed E-state index contributed by atoms with van der Waals surface area (Å²) in [5.74, 6) is 0. The molecule has 0 aliphatic rings. The van der Waals surface area contributed by atoms with Gasteiger partial charge in [0, 0.05) is 29.1 Å². The van der Waals surface area contributed by atoms with Gasteiger partial charge in [-0.1, -0.05) is 34.5 Å². The summed E-state index contributed by atoms with van der Waals surface area (Å²) in [5.41, 5.74) is 1.23. The summed E-state index contributed by atoms with van der Waals surface area (Å²) in [6.07, 6.45) is 0. The Bertz CT molecular complexity index is 331. The number of benzene rings is 1. The van der Waals surface area contributed by atoms with Crippen molar-refractivity contribution in [3.8, 4) is 0 Å². The number of nitrogens with zero attached hydrogens (tertiary/aromatic N) is 1. The zero-order chi connectivity index (χ0) is 12.0. The second-order valence-corrected chi connectivity index (χ2v) is 5.12. The van der Waals surface area contributed by atoms with E-state index in [-0.39, 0.29) is 0 Å². The predicted octanol–water partition coefficient (Wildman–Crippen LogP) is 3.14. The number of nitrogens with one attached hydrogen (secondary N) is 1. The maximum Gasteiger partial charge on any atom is 0.0410 e. The molecular weight excluding hydrogens is 288 g/mol. The molecular formula is C12H18BrClN2. The van der Waals surface area contributed by atoms with Crippen molar-refractivity contribution >= 4 is 27.5 Å². The van der Waals surface area contributed by atoms with Gasteiger partial charge in [0.2, 0.25) is 0 Å². The number of hydrogen-bond donors (Lipinski definition) is 1. The monoisotopic (exact) mass is 304 g/mol. The number of hydrogen-bond acceptors (Lipinski definition) is 2. The van der Waals surface area contributed by atoms with Crippen LogP contribution in [0.15, 0.2) is 22.7 Å². The Hall–Kier alpha value is -0.0900. The van der Waals surface area contributed by atoms with Gasteiger partial charge in [-0.3, -0.25) is 0 Å². The maximum atomic E-state index is 5.98. The van der Waals surface area contributed by atoms with E-state index in [0.717, 1.165) is 35.7 Å². The maximum absolute atomic E-state index is 5.98. The quantitative estimate of drug-likeness (QED) is 0.812. The van der Waals surface area contributed by atoms with Gasteiger partial charge in [-0.25, -0.2) is 0 Å². The van der Waals surface area contributed by atoms with Crippen molar-refractivity contribution in [2.24, 2.45) is 0 Å².